The Morgan fingerprint density at radius 1 is 1.08 bits per heavy atom. The summed E-state index contributed by atoms with van der Waals surface area (Å²) in [6, 6.07) is 20.7. The second-order valence-electron chi connectivity index (χ2n) is 6.24. The molecule has 3 rings (SSSR count). The molecule has 0 spiro atoms. The normalized spacial score (nSPS) is 18.7. The highest BCUT2D eigenvalue weighted by molar-refractivity contribution is 5.77. The number of benzene rings is 2. The van der Waals surface area contributed by atoms with Crippen LogP contribution in [0.15, 0.2) is 72.4 Å². The molecule has 0 bridgehead atoms. The van der Waals surface area contributed by atoms with Gasteiger partial charge < -0.3 is 15.5 Å². The zero-order chi connectivity index (χ0) is 17.3. The van der Waals surface area contributed by atoms with Gasteiger partial charge in [0, 0.05) is 44.2 Å². The van der Waals surface area contributed by atoms with Gasteiger partial charge in [-0.15, -0.1) is 0 Å². The number of rotatable bonds is 7. The first-order valence-electron chi connectivity index (χ1n) is 8.71. The van der Waals surface area contributed by atoms with Crippen molar-refractivity contribution < 1.29 is 4.74 Å². The van der Waals surface area contributed by atoms with Crippen LogP contribution in [0, 0.1) is 5.41 Å². The molecule has 1 saturated heterocycles. The van der Waals surface area contributed by atoms with Gasteiger partial charge in [0.1, 0.15) is 0 Å². The Kier molecular flexibility index (Phi) is 6.37. The van der Waals surface area contributed by atoms with Gasteiger partial charge >= 0.3 is 0 Å². The minimum Gasteiger partial charge on any atom is -0.386 e. The molecule has 25 heavy (non-hydrogen) atoms. The average molecular weight is 335 g/mol. The molecule has 1 fully saturated rings. The average Bonchev–Trinajstić information content (AvgIpc) is 2.67. The van der Waals surface area contributed by atoms with Gasteiger partial charge in [0.15, 0.2) is 0 Å². The van der Waals surface area contributed by atoms with E-state index in [4.69, 9.17) is 10.1 Å². The third-order valence-corrected chi connectivity index (χ3v) is 4.36. The number of hydrogen-bond donors (Lipinski definition) is 2. The van der Waals surface area contributed by atoms with Crippen LogP contribution in [0.5, 0.6) is 0 Å². The van der Waals surface area contributed by atoms with Crippen LogP contribution in [0.2, 0.25) is 0 Å². The number of ether oxygens (including phenoxy) is 1. The summed E-state index contributed by atoms with van der Waals surface area (Å²) in [6.07, 6.45) is 3.25. The van der Waals surface area contributed by atoms with E-state index in [2.05, 4.69) is 46.6 Å². The second-order valence-corrected chi connectivity index (χ2v) is 6.24. The molecule has 1 aliphatic heterocycles. The topological polar surface area (TPSA) is 48.4 Å². The fourth-order valence-corrected chi connectivity index (χ4v) is 3.00. The minimum atomic E-state index is -0.0572. The summed E-state index contributed by atoms with van der Waals surface area (Å²) < 4.78 is 5.90. The van der Waals surface area contributed by atoms with Crippen molar-refractivity contribution in [1.82, 2.24) is 10.2 Å². The lowest BCUT2D eigenvalue weighted by atomic mass is 10.1. The maximum Gasteiger partial charge on any atom is 0.0981 e. The van der Waals surface area contributed by atoms with E-state index in [1.807, 2.05) is 30.5 Å². The van der Waals surface area contributed by atoms with E-state index in [1.165, 1.54) is 17.3 Å². The van der Waals surface area contributed by atoms with Crippen molar-refractivity contribution in [3.05, 3.63) is 83.6 Å². The highest BCUT2D eigenvalue weighted by atomic mass is 16.5. The summed E-state index contributed by atoms with van der Waals surface area (Å²) in [5, 5.41) is 11.0. The Balaban J connectivity index is 1.56. The zero-order valence-corrected chi connectivity index (χ0v) is 14.4. The van der Waals surface area contributed by atoms with E-state index in [1.54, 1.807) is 0 Å². The molecular weight excluding hydrogens is 310 g/mol. The van der Waals surface area contributed by atoms with Crippen LogP contribution in [0.1, 0.15) is 11.1 Å². The lowest BCUT2D eigenvalue weighted by molar-refractivity contribution is -0.00952. The smallest absolute Gasteiger partial charge is 0.0981 e. The first-order chi connectivity index (χ1) is 12.3. The van der Waals surface area contributed by atoms with Crippen LogP contribution in [0.4, 0.5) is 0 Å². The van der Waals surface area contributed by atoms with Crippen molar-refractivity contribution in [3.63, 3.8) is 0 Å². The molecule has 4 nitrogen and oxygen atoms in total. The summed E-state index contributed by atoms with van der Waals surface area (Å²) in [7, 11) is 0. The molecule has 0 saturated carbocycles. The predicted molar refractivity (Wildman–Crippen MR) is 102 cm³/mol. The minimum absolute atomic E-state index is 0.0572. The van der Waals surface area contributed by atoms with E-state index in [0.717, 1.165) is 31.8 Å². The zero-order valence-electron chi connectivity index (χ0n) is 14.4. The Hall–Kier alpha value is -2.43. The molecule has 2 aromatic carbocycles. The molecule has 0 radical (unpaired) electrons. The van der Waals surface area contributed by atoms with Crippen molar-refractivity contribution in [2.24, 2.45) is 0 Å². The van der Waals surface area contributed by atoms with Crippen LogP contribution in [-0.2, 0) is 17.8 Å². The van der Waals surface area contributed by atoms with Crippen molar-refractivity contribution in [2.45, 2.75) is 19.2 Å². The van der Waals surface area contributed by atoms with Crippen molar-refractivity contribution in [3.8, 4) is 0 Å². The molecule has 0 amide bonds. The van der Waals surface area contributed by atoms with Gasteiger partial charge in [0.2, 0.25) is 0 Å². The van der Waals surface area contributed by atoms with E-state index >= 15 is 0 Å². The molecule has 4 heteroatoms. The molecule has 0 aliphatic carbocycles. The number of nitrogens with zero attached hydrogens (tertiary/aromatic N) is 1. The van der Waals surface area contributed by atoms with Gasteiger partial charge in [-0.05, 0) is 11.1 Å². The summed E-state index contributed by atoms with van der Waals surface area (Å²) >= 11 is 0. The van der Waals surface area contributed by atoms with Crippen molar-refractivity contribution in [1.29, 1.82) is 5.41 Å². The first kappa shape index (κ1) is 17.4. The largest absolute Gasteiger partial charge is 0.386 e. The molecule has 0 aromatic heterocycles. The monoisotopic (exact) mass is 335 g/mol. The summed E-state index contributed by atoms with van der Waals surface area (Å²) in [4.78, 5) is 2.39. The molecule has 2 aromatic rings. The summed E-state index contributed by atoms with van der Waals surface area (Å²) in [6.45, 7) is 4.10. The van der Waals surface area contributed by atoms with E-state index in [9.17, 15) is 0 Å². The number of morpholine rings is 1. The van der Waals surface area contributed by atoms with Crippen LogP contribution < -0.4 is 5.32 Å². The molecule has 130 valence electrons. The molecular formula is C21H25N3O. The van der Waals surface area contributed by atoms with E-state index in [-0.39, 0.29) is 6.10 Å². The lowest BCUT2D eigenvalue weighted by Gasteiger charge is -2.33. The summed E-state index contributed by atoms with van der Waals surface area (Å²) in [5.41, 5.74) is 3.41. The fourth-order valence-electron chi connectivity index (χ4n) is 3.00. The summed E-state index contributed by atoms with van der Waals surface area (Å²) in [5.74, 6) is 0. The number of hydrogen-bond acceptors (Lipinski definition) is 4. The van der Waals surface area contributed by atoms with Crippen LogP contribution in [0.3, 0.4) is 0 Å². The molecule has 1 unspecified atom stereocenters. The highest BCUT2D eigenvalue weighted by Crippen LogP contribution is 2.15. The first-order valence-corrected chi connectivity index (χ1v) is 8.71. The van der Waals surface area contributed by atoms with Gasteiger partial charge in [-0.25, -0.2) is 0 Å². The van der Waals surface area contributed by atoms with Crippen LogP contribution in [0.25, 0.3) is 0 Å². The second kappa shape index (κ2) is 9.16. The van der Waals surface area contributed by atoms with E-state index in [0.29, 0.717) is 6.61 Å². The SMILES string of the molecule is N=C/C(=C\NCc1ccccc1)C1CN(Cc2ccccc2)CCO1. The third-order valence-electron chi connectivity index (χ3n) is 4.36. The maximum atomic E-state index is 7.73. The predicted octanol–water partition coefficient (Wildman–Crippen LogP) is 3.21. The Labute approximate surface area is 149 Å². The molecule has 2 N–H and O–H groups in total. The van der Waals surface area contributed by atoms with Gasteiger partial charge in [-0.1, -0.05) is 60.7 Å². The van der Waals surface area contributed by atoms with Gasteiger partial charge in [-0.2, -0.15) is 0 Å². The quantitative estimate of drug-likeness (QED) is 0.764. The van der Waals surface area contributed by atoms with E-state index < -0.39 is 0 Å². The molecule has 1 atom stereocenters. The highest BCUT2D eigenvalue weighted by Gasteiger charge is 2.22. The standard InChI is InChI=1S/C21H25N3O/c22-13-20(15-23-14-18-7-3-1-4-8-18)21-17-24(11-12-25-21)16-19-9-5-2-6-10-19/h1-10,13,15,21-23H,11-12,14,16-17H2/b20-15+,22-13?. The Morgan fingerprint density at radius 2 is 1.76 bits per heavy atom. The Bertz CT molecular complexity index is 685. The number of nitrogens with one attached hydrogen (secondary N) is 2. The maximum absolute atomic E-state index is 7.73. The van der Waals surface area contributed by atoms with Gasteiger partial charge in [0.25, 0.3) is 0 Å². The van der Waals surface area contributed by atoms with Gasteiger partial charge in [-0.3, -0.25) is 4.90 Å². The van der Waals surface area contributed by atoms with Crippen molar-refractivity contribution in [2.75, 3.05) is 19.7 Å². The third kappa shape index (κ3) is 5.28. The molecule has 1 heterocycles. The lowest BCUT2D eigenvalue weighted by Crippen LogP contribution is -2.43. The Morgan fingerprint density at radius 3 is 2.44 bits per heavy atom. The van der Waals surface area contributed by atoms with Crippen molar-refractivity contribution >= 4 is 6.21 Å². The van der Waals surface area contributed by atoms with Gasteiger partial charge in [0.05, 0.1) is 12.7 Å². The fraction of sp³-hybridized carbons (Fsp3) is 0.286. The van der Waals surface area contributed by atoms with Crippen LogP contribution >= 0.6 is 0 Å². The van der Waals surface area contributed by atoms with Crippen LogP contribution in [-0.4, -0.2) is 36.9 Å². The molecule has 1 aliphatic rings.